The van der Waals surface area contributed by atoms with Crippen molar-refractivity contribution in [1.82, 2.24) is 10.3 Å². The van der Waals surface area contributed by atoms with E-state index >= 15 is 0 Å². The van der Waals surface area contributed by atoms with Gasteiger partial charge in [-0.05, 0) is 33.3 Å². The van der Waals surface area contributed by atoms with Gasteiger partial charge in [0.25, 0.3) is 0 Å². The van der Waals surface area contributed by atoms with Gasteiger partial charge in [0.1, 0.15) is 5.60 Å². The molecule has 1 aromatic heterocycles. The minimum absolute atomic E-state index is 0. The van der Waals surface area contributed by atoms with Gasteiger partial charge in [-0.25, -0.2) is 9.78 Å². The van der Waals surface area contributed by atoms with Crippen molar-refractivity contribution >= 4 is 23.4 Å². The molecule has 0 saturated carbocycles. The number of thiazole rings is 1. The van der Waals surface area contributed by atoms with Crippen molar-refractivity contribution in [3.63, 3.8) is 0 Å². The second-order valence-electron chi connectivity index (χ2n) is 6.21. The van der Waals surface area contributed by atoms with Gasteiger partial charge in [0.05, 0.1) is 22.5 Å². The highest BCUT2D eigenvalue weighted by molar-refractivity contribution is 7.13. The maximum Gasteiger partial charge on any atom is 0.407 e. The summed E-state index contributed by atoms with van der Waals surface area (Å²) in [6.45, 7) is 11.3. The van der Waals surface area contributed by atoms with Gasteiger partial charge in [-0.3, -0.25) is 4.79 Å². The molecule has 1 amide bonds. The molecule has 0 radical (unpaired) electrons. The van der Waals surface area contributed by atoms with Crippen LogP contribution in [-0.2, 0) is 9.53 Å². The number of nitrogens with one attached hydrogen (secondary N) is 1. The number of carboxylic acid groups (broad SMARTS) is 1. The largest absolute Gasteiger partial charge is 0.481 e. The van der Waals surface area contributed by atoms with Crippen molar-refractivity contribution in [1.29, 1.82) is 0 Å². The minimum Gasteiger partial charge on any atom is -0.481 e. The van der Waals surface area contributed by atoms with E-state index in [1.165, 1.54) is 10.4 Å². The molecule has 0 spiro atoms. The zero-order chi connectivity index (χ0) is 20.9. The molecule has 0 fully saturated rings. The van der Waals surface area contributed by atoms with Crippen LogP contribution < -0.4 is 5.32 Å². The van der Waals surface area contributed by atoms with Gasteiger partial charge >= 0.3 is 12.1 Å². The number of alkyl carbamates (subject to hydrolysis) is 1. The molecular weight excluding hydrogens is 376 g/mol. The lowest BCUT2D eigenvalue weighted by Crippen LogP contribution is -2.33. The smallest absolute Gasteiger partial charge is 0.407 e. The number of aryl methyl sites for hydroxylation is 1. The summed E-state index contributed by atoms with van der Waals surface area (Å²) in [4.78, 5) is 26.5. The molecule has 0 bridgehead atoms. The fourth-order valence-electron chi connectivity index (χ4n) is 1.75. The highest BCUT2D eigenvalue weighted by atomic mass is 32.1. The minimum atomic E-state index is -0.948. The lowest BCUT2D eigenvalue weighted by molar-refractivity contribution is -0.136. The molecule has 1 aromatic carbocycles. The summed E-state index contributed by atoms with van der Waals surface area (Å²) in [5.74, 6) is -0.948. The van der Waals surface area contributed by atoms with Gasteiger partial charge < -0.3 is 15.2 Å². The summed E-state index contributed by atoms with van der Waals surface area (Å²) in [7, 11) is 0. The van der Waals surface area contributed by atoms with Crippen molar-refractivity contribution in [2.75, 3.05) is 6.54 Å². The SMILES string of the molecule is C.CC.CC(C)(C)OC(=O)NCCC(=O)O.Cc1ncsc1-c1ccccc1. The van der Waals surface area contributed by atoms with Crippen LogP contribution in [0.25, 0.3) is 10.4 Å². The average molecular weight is 411 g/mol. The Morgan fingerprint density at radius 2 is 1.75 bits per heavy atom. The molecule has 158 valence electrons. The number of nitrogens with zero attached hydrogens (tertiary/aromatic N) is 1. The molecule has 0 aliphatic heterocycles. The van der Waals surface area contributed by atoms with Gasteiger partial charge in [-0.1, -0.05) is 51.6 Å². The predicted octanol–water partition coefficient (Wildman–Crippen LogP) is 5.77. The number of carbonyl (C=O) groups is 2. The topological polar surface area (TPSA) is 88.5 Å². The molecule has 2 rings (SSSR count). The standard InChI is InChI=1S/C10H9NS.C8H15NO4.C2H6.CH4/c1-8-10(12-7-11-8)9-5-3-2-4-6-9;1-8(2,3)13-7(12)9-5-4-6(10)11;1-2;/h2-7H,1H3;4-5H2,1-3H3,(H,9,12)(H,10,11);1-2H3;1H4. The Morgan fingerprint density at radius 1 is 1.18 bits per heavy atom. The third kappa shape index (κ3) is 12.9. The first kappa shape index (κ1) is 27.8. The van der Waals surface area contributed by atoms with Crippen molar-refractivity contribution < 1.29 is 19.4 Å². The van der Waals surface area contributed by atoms with Crippen molar-refractivity contribution in [3.8, 4) is 10.4 Å². The number of aliphatic carboxylic acids is 1. The number of aromatic nitrogens is 1. The molecule has 2 N–H and O–H groups in total. The summed E-state index contributed by atoms with van der Waals surface area (Å²) in [6, 6.07) is 10.4. The normalized spacial score (nSPS) is 9.50. The van der Waals surface area contributed by atoms with E-state index in [4.69, 9.17) is 9.84 Å². The van der Waals surface area contributed by atoms with Crippen molar-refractivity contribution in [2.24, 2.45) is 0 Å². The van der Waals surface area contributed by atoms with Crippen LogP contribution in [0.4, 0.5) is 4.79 Å². The van der Waals surface area contributed by atoms with Crippen LogP contribution in [0.3, 0.4) is 0 Å². The third-order valence-electron chi connectivity index (χ3n) is 2.79. The molecule has 0 aliphatic rings. The first-order valence-electron chi connectivity index (χ1n) is 8.83. The van der Waals surface area contributed by atoms with Crippen LogP contribution in [0.5, 0.6) is 0 Å². The summed E-state index contributed by atoms with van der Waals surface area (Å²) in [5.41, 5.74) is 3.72. The van der Waals surface area contributed by atoms with E-state index in [1.807, 2.05) is 32.3 Å². The molecule has 0 saturated heterocycles. The summed E-state index contributed by atoms with van der Waals surface area (Å²) in [6.07, 6.45) is -0.687. The second-order valence-corrected chi connectivity index (χ2v) is 7.06. The number of amides is 1. The van der Waals surface area contributed by atoms with E-state index in [1.54, 1.807) is 32.1 Å². The molecule has 28 heavy (non-hydrogen) atoms. The Balaban J connectivity index is 0. The molecular formula is C21H34N2O4S. The van der Waals surface area contributed by atoms with Crippen LogP contribution in [0.1, 0.15) is 54.2 Å². The monoisotopic (exact) mass is 410 g/mol. The zero-order valence-electron chi connectivity index (χ0n) is 16.9. The van der Waals surface area contributed by atoms with Gasteiger partial charge in [0.15, 0.2) is 0 Å². The lowest BCUT2D eigenvalue weighted by atomic mass is 10.2. The Bertz CT molecular complexity index is 679. The van der Waals surface area contributed by atoms with Gasteiger partial charge in [0.2, 0.25) is 0 Å². The van der Waals surface area contributed by atoms with E-state index < -0.39 is 17.7 Å². The highest BCUT2D eigenvalue weighted by Gasteiger charge is 2.15. The molecule has 0 aliphatic carbocycles. The number of hydrogen-bond acceptors (Lipinski definition) is 5. The second kappa shape index (κ2) is 14.6. The average Bonchev–Trinajstić information content (AvgIpc) is 3.02. The summed E-state index contributed by atoms with van der Waals surface area (Å²) < 4.78 is 4.88. The molecule has 6 nitrogen and oxygen atoms in total. The first-order valence-corrected chi connectivity index (χ1v) is 9.71. The van der Waals surface area contributed by atoms with Crippen LogP contribution in [0, 0.1) is 6.92 Å². The maximum atomic E-state index is 10.9. The van der Waals surface area contributed by atoms with Crippen LogP contribution in [0.15, 0.2) is 35.8 Å². The number of hydrogen-bond donors (Lipinski definition) is 2. The maximum absolute atomic E-state index is 10.9. The van der Waals surface area contributed by atoms with E-state index in [2.05, 4.69) is 34.6 Å². The van der Waals surface area contributed by atoms with E-state index in [0.717, 1.165) is 5.69 Å². The Kier molecular flexibility index (Phi) is 14.5. The number of benzene rings is 1. The summed E-state index contributed by atoms with van der Waals surface area (Å²) >= 11 is 1.69. The quantitative estimate of drug-likeness (QED) is 0.668. The third-order valence-corrected chi connectivity index (χ3v) is 3.77. The number of carboxylic acids is 1. The van der Waals surface area contributed by atoms with Gasteiger partial charge in [-0.15, -0.1) is 11.3 Å². The fourth-order valence-corrected chi connectivity index (χ4v) is 2.57. The lowest BCUT2D eigenvalue weighted by Gasteiger charge is -2.19. The van der Waals surface area contributed by atoms with Gasteiger partial charge in [0, 0.05) is 6.54 Å². The molecule has 0 unspecified atom stereocenters. The fraction of sp³-hybridized carbons (Fsp3) is 0.476. The van der Waals surface area contributed by atoms with E-state index in [-0.39, 0.29) is 20.4 Å². The van der Waals surface area contributed by atoms with E-state index in [0.29, 0.717) is 0 Å². The molecule has 0 atom stereocenters. The number of ether oxygens (including phenoxy) is 1. The van der Waals surface area contributed by atoms with Crippen LogP contribution in [0.2, 0.25) is 0 Å². The highest BCUT2D eigenvalue weighted by Crippen LogP contribution is 2.26. The first-order chi connectivity index (χ1) is 12.7. The number of carbonyl (C=O) groups excluding carboxylic acids is 1. The van der Waals surface area contributed by atoms with Crippen LogP contribution in [-0.4, -0.2) is 34.3 Å². The Hall–Kier alpha value is -2.41. The van der Waals surface area contributed by atoms with Crippen molar-refractivity contribution in [2.45, 2.75) is 61.0 Å². The van der Waals surface area contributed by atoms with Gasteiger partial charge in [-0.2, -0.15) is 0 Å². The Morgan fingerprint density at radius 3 is 2.18 bits per heavy atom. The summed E-state index contributed by atoms with van der Waals surface area (Å²) in [5, 5.41) is 10.6. The predicted molar refractivity (Wildman–Crippen MR) is 117 cm³/mol. The zero-order valence-corrected chi connectivity index (χ0v) is 17.7. The van der Waals surface area contributed by atoms with Crippen molar-refractivity contribution in [3.05, 3.63) is 41.5 Å². The number of rotatable bonds is 4. The van der Waals surface area contributed by atoms with Crippen LogP contribution >= 0.6 is 11.3 Å². The van der Waals surface area contributed by atoms with E-state index in [9.17, 15) is 9.59 Å². The molecule has 7 heteroatoms. The Labute approximate surface area is 173 Å². The molecule has 2 aromatic rings. The molecule has 1 heterocycles.